The normalized spacial score (nSPS) is 15.7. The summed E-state index contributed by atoms with van der Waals surface area (Å²) in [7, 11) is 0. The molecule has 0 aromatic heterocycles. The van der Waals surface area contributed by atoms with Crippen LogP contribution >= 0.6 is 27.5 Å². The van der Waals surface area contributed by atoms with Crippen molar-refractivity contribution in [2.45, 2.75) is 19.2 Å². The number of ketones is 1. The van der Waals surface area contributed by atoms with E-state index in [1.807, 2.05) is 24.3 Å². The second-order valence-electron chi connectivity index (χ2n) is 5.60. The van der Waals surface area contributed by atoms with Crippen molar-refractivity contribution < 1.29 is 19.1 Å². The van der Waals surface area contributed by atoms with Gasteiger partial charge in [-0.25, -0.2) is 0 Å². The third-order valence-electron chi connectivity index (χ3n) is 3.72. The lowest BCUT2D eigenvalue weighted by Crippen LogP contribution is -2.18. The standard InChI is InChI=1S/C19H14BrClO4/c1-10-15(25-19(23)11(2)21)7-6-14-17(22)16(24-18(10)14)9-12-4-3-5-13(20)8-12/h3-9,11H,1-2H3/b16-9-. The Balaban J connectivity index is 1.93. The molecule has 3 rings (SSSR count). The van der Waals surface area contributed by atoms with Crippen molar-refractivity contribution in [3.05, 3.63) is 63.3 Å². The zero-order chi connectivity index (χ0) is 18.1. The highest BCUT2D eigenvalue weighted by molar-refractivity contribution is 9.10. The third kappa shape index (κ3) is 3.62. The fourth-order valence-electron chi connectivity index (χ4n) is 2.42. The highest BCUT2D eigenvalue weighted by atomic mass is 79.9. The molecule has 1 aliphatic heterocycles. The van der Waals surface area contributed by atoms with Crippen LogP contribution in [-0.4, -0.2) is 17.1 Å². The molecule has 25 heavy (non-hydrogen) atoms. The van der Waals surface area contributed by atoms with Crippen LogP contribution in [-0.2, 0) is 4.79 Å². The first kappa shape index (κ1) is 17.7. The highest BCUT2D eigenvalue weighted by Gasteiger charge is 2.30. The van der Waals surface area contributed by atoms with Gasteiger partial charge in [-0.2, -0.15) is 0 Å². The summed E-state index contributed by atoms with van der Waals surface area (Å²) in [6, 6.07) is 10.7. The second kappa shape index (κ2) is 7.02. The van der Waals surface area contributed by atoms with Crippen molar-refractivity contribution in [2.75, 3.05) is 0 Å². The molecular weight excluding hydrogens is 408 g/mol. The molecule has 0 saturated heterocycles. The molecule has 6 heteroatoms. The molecule has 1 aliphatic rings. The summed E-state index contributed by atoms with van der Waals surface area (Å²) in [6.45, 7) is 3.26. The molecule has 0 radical (unpaired) electrons. The predicted octanol–water partition coefficient (Wildman–Crippen LogP) is 4.91. The van der Waals surface area contributed by atoms with Crippen LogP contribution in [0.25, 0.3) is 6.08 Å². The molecular formula is C19H14BrClO4. The van der Waals surface area contributed by atoms with Crippen LogP contribution in [0.2, 0.25) is 0 Å². The van der Waals surface area contributed by atoms with E-state index >= 15 is 0 Å². The first-order valence-corrected chi connectivity index (χ1v) is 8.79. The van der Waals surface area contributed by atoms with Gasteiger partial charge in [0.1, 0.15) is 16.9 Å². The number of carbonyl (C=O) groups excluding carboxylic acids is 2. The number of esters is 1. The highest BCUT2D eigenvalue weighted by Crippen LogP contribution is 2.39. The number of hydrogen-bond acceptors (Lipinski definition) is 4. The minimum atomic E-state index is -0.762. The average molecular weight is 422 g/mol. The van der Waals surface area contributed by atoms with Crippen LogP contribution in [0.1, 0.15) is 28.4 Å². The van der Waals surface area contributed by atoms with Crippen molar-refractivity contribution in [2.24, 2.45) is 0 Å². The lowest BCUT2D eigenvalue weighted by atomic mass is 10.1. The largest absolute Gasteiger partial charge is 0.452 e. The van der Waals surface area contributed by atoms with E-state index in [1.165, 1.54) is 6.92 Å². The van der Waals surface area contributed by atoms with Gasteiger partial charge in [0.05, 0.1) is 5.56 Å². The van der Waals surface area contributed by atoms with E-state index in [1.54, 1.807) is 25.1 Å². The maximum Gasteiger partial charge on any atom is 0.329 e. The first-order chi connectivity index (χ1) is 11.9. The first-order valence-electron chi connectivity index (χ1n) is 7.56. The molecule has 128 valence electrons. The maximum absolute atomic E-state index is 12.5. The fraction of sp³-hybridized carbons (Fsp3) is 0.158. The molecule has 0 aliphatic carbocycles. The average Bonchev–Trinajstić information content (AvgIpc) is 2.87. The van der Waals surface area contributed by atoms with Crippen LogP contribution in [0.3, 0.4) is 0 Å². The topological polar surface area (TPSA) is 52.6 Å². The number of hydrogen-bond donors (Lipinski definition) is 0. The van der Waals surface area contributed by atoms with E-state index in [0.29, 0.717) is 22.6 Å². The van der Waals surface area contributed by atoms with Crippen molar-refractivity contribution >= 4 is 45.4 Å². The lowest BCUT2D eigenvalue weighted by Gasteiger charge is -2.10. The number of allylic oxidation sites excluding steroid dienone is 1. The smallest absolute Gasteiger partial charge is 0.329 e. The van der Waals surface area contributed by atoms with Crippen molar-refractivity contribution in [1.82, 2.24) is 0 Å². The number of Topliss-reactive ketones (excluding diaryl/α,β-unsaturated/α-hetero) is 1. The number of benzene rings is 2. The summed E-state index contributed by atoms with van der Waals surface area (Å²) in [6.07, 6.45) is 1.68. The van der Waals surface area contributed by atoms with Gasteiger partial charge in [0.25, 0.3) is 0 Å². The third-order valence-corrected chi connectivity index (χ3v) is 4.39. The molecule has 0 amide bonds. The molecule has 0 bridgehead atoms. The molecule has 4 nitrogen and oxygen atoms in total. The second-order valence-corrected chi connectivity index (χ2v) is 7.17. The molecule has 0 saturated carbocycles. The number of carbonyl (C=O) groups is 2. The Morgan fingerprint density at radius 3 is 2.76 bits per heavy atom. The molecule has 1 heterocycles. The maximum atomic E-state index is 12.5. The van der Waals surface area contributed by atoms with E-state index in [2.05, 4.69) is 15.9 Å². The number of rotatable bonds is 3. The van der Waals surface area contributed by atoms with Gasteiger partial charge in [-0.1, -0.05) is 28.1 Å². The Kier molecular flexibility index (Phi) is 4.97. The number of alkyl halides is 1. The van der Waals surface area contributed by atoms with Crippen molar-refractivity contribution in [3.63, 3.8) is 0 Å². The molecule has 0 N–H and O–H groups in total. The zero-order valence-electron chi connectivity index (χ0n) is 13.5. The summed E-state index contributed by atoms with van der Waals surface area (Å²) in [5.74, 6) is 0.192. The Bertz CT molecular complexity index is 902. The quantitative estimate of drug-likeness (QED) is 0.306. The number of ether oxygens (including phenoxy) is 2. The van der Waals surface area contributed by atoms with Gasteiger partial charge >= 0.3 is 5.97 Å². The summed E-state index contributed by atoms with van der Waals surface area (Å²) in [4.78, 5) is 24.2. The molecule has 1 atom stereocenters. The Labute approximate surface area is 158 Å². The summed E-state index contributed by atoms with van der Waals surface area (Å²) in [5, 5.41) is -0.762. The molecule has 1 unspecified atom stereocenters. The van der Waals surface area contributed by atoms with Gasteiger partial charge < -0.3 is 9.47 Å². The van der Waals surface area contributed by atoms with E-state index in [-0.39, 0.29) is 11.5 Å². The van der Waals surface area contributed by atoms with Gasteiger partial charge in [-0.3, -0.25) is 9.59 Å². The summed E-state index contributed by atoms with van der Waals surface area (Å²) < 4.78 is 11.9. The van der Waals surface area contributed by atoms with E-state index < -0.39 is 11.3 Å². The SMILES string of the molecule is Cc1c(OC(=O)C(C)Cl)ccc2c1O/C(=C\c1cccc(Br)c1)C2=O. The minimum absolute atomic E-state index is 0.207. The molecule has 2 aromatic carbocycles. The molecule has 0 fully saturated rings. The minimum Gasteiger partial charge on any atom is -0.452 e. The van der Waals surface area contributed by atoms with Crippen LogP contribution in [0.4, 0.5) is 0 Å². The summed E-state index contributed by atoms with van der Waals surface area (Å²) >= 11 is 9.12. The van der Waals surface area contributed by atoms with E-state index in [0.717, 1.165) is 10.0 Å². The van der Waals surface area contributed by atoms with E-state index in [9.17, 15) is 9.59 Å². The van der Waals surface area contributed by atoms with Gasteiger partial charge in [-0.05, 0) is 49.8 Å². The zero-order valence-corrected chi connectivity index (χ0v) is 15.8. The van der Waals surface area contributed by atoms with Crippen molar-refractivity contribution in [3.8, 4) is 11.5 Å². The van der Waals surface area contributed by atoms with Crippen LogP contribution in [0, 0.1) is 6.92 Å². The molecule has 0 spiro atoms. The predicted molar refractivity (Wildman–Crippen MR) is 99.2 cm³/mol. The number of halogens is 2. The van der Waals surface area contributed by atoms with E-state index in [4.69, 9.17) is 21.1 Å². The van der Waals surface area contributed by atoms with Crippen LogP contribution in [0.5, 0.6) is 11.5 Å². The van der Waals surface area contributed by atoms with Gasteiger partial charge in [0.2, 0.25) is 5.78 Å². The van der Waals surface area contributed by atoms with Crippen LogP contribution < -0.4 is 9.47 Å². The van der Waals surface area contributed by atoms with Crippen molar-refractivity contribution in [1.29, 1.82) is 0 Å². The monoisotopic (exact) mass is 420 g/mol. The Morgan fingerprint density at radius 2 is 2.08 bits per heavy atom. The van der Waals surface area contributed by atoms with Gasteiger partial charge in [0, 0.05) is 10.0 Å². The summed E-state index contributed by atoms with van der Waals surface area (Å²) in [5.41, 5.74) is 1.86. The lowest BCUT2D eigenvalue weighted by molar-refractivity contribution is -0.133. The molecule has 2 aromatic rings. The van der Waals surface area contributed by atoms with Gasteiger partial charge in [-0.15, -0.1) is 11.6 Å². The number of fused-ring (bicyclic) bond motifs is 1. The van der Waals surface area contributed by atoms with Gasteiger partial charge in [0.15, 0.2) is 5.76 Å². The Morgan fingerprint density at radius 1 is 1.32 bits per heavy atom. The van der Waals surface area contributed by atoms with Crippen LogP contribution in [0.15, 0.2) is 46.6 Å². The Hall–Kier alpha value is -2.11. The fourth-order valence-corrected chi connectivity index (χ4v) is 2.88.